The second-order valence-electron chi connectivity index (χ2n) is 4.86. The van der Waals surface area contributed by atoms with Crippen molar-refractivity contribution in [1.29, 1.82) is 0 Å². The molecule has 0 aliphatic carbocycles. The van der Waals surface area contributed by atoms with Crippen molar-refractivity contribution in [3.05, 3.63) is 35.4 Å². The Morgan fingerprint density at radius 2 is 1.71 bits per heavy atom. The first kappa shape index (κ1) is 14.6. The van der Waals surface area contributed by atoms with Crippen LogP contribution in [0.15, 0.2) is 24.3 Å². The fourth-order valence-electron chi connectivity index (χ4n) is 1.83. The van der Waals surface area contributed by atoms with Gasteiger partial charge in [-0.25, -0.2) is 0 Å². The van der Waals surface area contributed by atoms with Gasteiger partial charge >= 0.3 is 0 Å². The molecule has 17 heavy (non-hydrogen) atoms. The van der Waals surface area contributed by atoms with E-state index in [0.717, 1.165) is 12.0 Å². The molecule has 0 fully saturated rings. The van der Waals surface area contributed by atoms with Crippen LogP contribution in [-0.2, 0) is 6.42 Å². The molecule has 3 heteroatoms. The van der Waals surface area contributed by atoms with Gasteiger partial charge in [0.25, 0.3) is 0 Å². The van der Waals surface area contributed by atoms with Crippen molar-refractivity contribution in [1.82, 2.24) is 0 Å². The quantitative estimate of drug-likeness (QED) is 0.683. The number of rotatable bonds is 6. The molecule has 2 unspecified atom stereocenters. The molecule has 0 radical (unpaired) electrons. The van der Waals surface area contributed by atoms with Crippen molar-refractivity contribution in [2.45, 2.75) is 38.9 Å². The van der Waals surface area contributed by atoms with Crippen LogP contribution in [0.4, 0.5) is 0 Å². The van der Waals surface area contributed by atoms with Crippen LogP contribution in [-0.4, -0.2) is 22.1 Å². The second-order valence-corrected chi connectivity index (χ2v) is 5.31. The largest absolute Gasteiger partial charge is 0.390 e. The number of aliphatic hydroxyl groups is 2. The molecule has 2 atom stereocenters. The van der Waals surface area contributed by atoms with Crippen LogP contribution in [0.5, 0.6) is 0 Å². The fourth-order valence-corrected chi connectivity index (χ4v) is 2.10. The van der Waals surface area contributed by atoms with Gasteiger partial charge in [-0.05, 0) is 35.6 Å². The third-order valence-corrected chi connectivity index (χ3v) is 3.01. The Morgan fingerprint density at radius 1 is 1.12 bits per heavy atom. The summed E-state index contributed by atoms with van der Waals surface area (Å²) in [4.78, 5) is 0. The Hall–Kier alpha value is -0.510. The maximum Gasteiger partial charge on any atom is 0.105 e. The molecule has 0 spiro atoms. The Kier molecular flexibility index (Phi) is 6.03. The molecule has 0 saturated heterocycles. The molecular weight excluding hydrogens is 232 g/mol. The van der Waals surface area contributed by atoms with Gasteiger partial charge in [0.05, 0.1) is 6.10 Å². The molecule has 2 nitrogen and oxygen atoms in total. The highest BCUT2D eigenvalue weighted by atomic mass is 32.1. The molecule has 0 aromatic heterocycles. The molecule has 0 heterocycles. The zero-order valence-corrected chi connectivity index (χ0v) is 11.4. The normalized spacial score (nSPS) is 14.9. The first-order valence-electron chi connectivity index (χ1n) is 6.10. The summed E-state index contributed by atoms with van der Waals surface area (Å²) in [6.45, 7) is 4.36. The summed E-state index contributed by atoms with van der Waals surface area (Å²) in [5.74, 6) is 1.20. The molecular formula is C14H22O2S. The lowest BCUT2D eigenvalue weighted by molar-refractivity contribution is 0.0172. The van der Waals surface area contributed by atoms with E-state index >= 15 is 0 Å². The first-order chi connectivity index (χ1) is 8.04. The van der Waals surface area contributed by atoms with Gasteiger partial charge in [-0.2, -0.15) is 12.6 Å². The number of aliphatic hydroxyl groups excluding tert-OH is 2. The summed E-state index contributed by atoms with van der Waals surface area (Å²) in [6, 6.07) is 7.83. The fraction of sp³-hybridized carbons (Fsp3) is 0.571. The van der Waals surface area contributed by atoms with Gasteiger partial charge in [-0.15, -0.1) is 0 Å². The monoisotopic (exact) mass is 254 g/mol. The van der Waals surface area contributed by atoms with Gasteiger partial charge in [-0.1, -0.05) is 38.1 Å². The van der Waals surface area contributed by atoms with E-state index in [4.69, 9.17) is 0 Å². The van der Waals surface area contributed by atoms with E-state index in [1.165, 1.54) is 5.56 Å². The number of hydrogen-bond donors (Lipinski definition) is 3. The average Bonchev–Trinajstić information content (AvgIpc) is 2.28. The van der Waals surface area contributed by atoms with Crippen molar-refractivity contribution >= 4 is 12.6 Å². The predicted octanol–water partition coefficient (Wildman–Crippen LogP) is 2.60. The van der Waals surface area contributed by atoms with Crippen molar-refractivity contribution < 1.29 is 10.2 Å². The SMILES string of the molecule is CC(C)Cc1ccc(C(O)C(O)CCS)cc1. The van der Waals surface area contributed by atoms with Gasteiger partial charge in [-0.3, -0.25) is 0 Å². The Bertz CT molecular complexity index is 321. The number of benzene rings is 1. The summed E-state index contributed by atoms with van der Waals surface area (Å²) < 4.78 is 0. The lowest BCUT2D eigenvalue weighted by atomic mass is 9.98. The number of thiol groups is 1. The topological polar surface area (TPSA) is 40.5 Å². The summed E-state index contributed by atoms with van der Waals surface area (Å²) in [5.41, 5.74) is 2.03. The Balaban J connectivity index is 2.66. The molecule has 1 aromatic rings. The van der Waals surface area contributed by atoms with Crippen LogP contribution >= 0.6 is 12.6 Å². The summed E-state index contributed by atoms with van der Waals surface area (Å²) in [7, 11) is 0. The third kappa shape index (κ3) is 4.70. The van der Waals surface area contributed by atoms with Gasteiger partial charge in [0.2, 0.25) is 0 Å². The summed E-state index contributed by atoms with van der Waals surface area (Å²) in [6.07, 6.45) is -0.00756. The average molecular weight is 254 g/mol. The van der Waals surface area contributed by atoms with Crippen molar-refractivity contribution in [3.63, 3.8) is 0 Å². The zero-order valence-electron chi connectivity index (χ0n) is 10.5. The van der Waals surface area contributed by atoms with Crippen molar-refractivity contribution in [3.8, 4) is 0 Å². The highest BCUT2D eigenvalue weighted by Gasteiger charge is 2.17. The molecule has 0 saturated carbocycles. The van der Waals surface area contributed by atoms with E-state index in [9.17, 15) is 10.2 Å². The molecule has 2 N–H and O–H groups in total. The molecule has 0 amide bonds. The maximum absolute atomic E-state index is 9.91. The van der Waals surface area contributed by atoms with Gasteiger partial charge < -0.3 is 10.2 Å². The van der Waals surface area contributed by atoms with E-state index in [1.807, 2.05) is 24.3 Å². The zero-order chi connectivity index (χ0) is 12.8. The molecule has 0 bridgehead atoms. The van der Waals surface area contributed by atoms with Crippen LogP contribution in [0.3, 0.4) is 0 Å². The van der Waals surface area contributed by atoms with Crippen LogP contribution in [0.1, 0.15) is 37.5 Å². The smallest absolute Gasteiger partial charge is 0.105 e. The first-order valence-corrected chi connectivity index (χ1v) is 6.73. The minimum absolute atomic E-state index is 0.498. The lowest BCUT2D eigenvalue weighted by Gasteiger charge is -2.17. The van der Waals surface area contributed by atoms with E-state index < -0.39 is 12.2 Å². The van der Waals surface area contributed by atoms with E-state index in [2.05, 4.69) is 26.5 Å². The maximum atomic E-state index is 9.91. The molecule has 0 aliphatic heterocycles. The van der Waals surface area contributed by atoms with Crippen molar-refractivity contribution in [2.24, 2.45) is 5.92 Å². The van der Waals surface area contributed by atoms with Crippen molar-refractivity contribution in [2.75, 3.05) is 5.75 Å². The second kappa shape index (κ2) is 7.04. The van der Waals surface area contributed by atoms with E-state index in [0.29, 0.717) is 18.1 Å². The summed E-state index contributed by atoms with van der Waals surface area (Å²) >= 11 is 4.05. The van der Waals surface area contributed by atoms with Gasteiger partial charge in [0.1, 0.15) is 6.10 Å². The number of hydrogen-bond acceptors (Lipinski definition) is 3. The summed E-state index contributed by atoms with van der Waals surface area (Å²) in [5, 5.41) is 19.6. The lowest BCUT2D eigenvalue weighted by Crippen LogP contribution is -2.18. The standard InChI is InChI=1S/C14H22O2S/c1-10(2)9-11-3-5-12(6-4-11)14(16)13(15)7-8-17/h3-6,10,13-17H,7-9H2,1-2H3. The van der Waals surface area contributed by atoms with Crippen LogP contribution < -0.4 is 0 Å². The highest BCUT2D eigenvalue weighted by Crippen LogP contribution is 2.20. The molecule has 1 rings (SSSR count). The Morgan fingerprint density at radius 3 is 2.18 bits per heavy atom. The molecule has 0 aliphatic rings. The highest BCUT2D eigenvalue weighted by molar-refractivity contribution is 7.80. The third-order valence-electron chi connectivity index (χ3n) is 2.75. The minimum Gasteiger partial charge on any atom is -0.390 e. The minimum atomic E-state index is -0.810. The Labute approximate surface area is 109 Å². The van der Waals surface area contributed by atoms with Crippen LogP contribution in [0.25, 0.3) is 0 Å². The van der Waals surface area contributed by atoms with Gasteiger partial charge in [0, 0.05) is 0 Å². The van der Waals surface area contributed by atoms with Gasteiger partial charge in [0.15, 0.2) is 0 Å². The molecule has 1 aromatic carbocycles. The van der Waals surface area contributed by atoms with E-state index in [-0.39, 0.29) is 0 Å². The molecule has 96 valence electrons. The van der Waals surface area contributed by atoms with Crippen LogP contribution in [0, 0.1) is 5.92 Å². The van der Waals surface area contributed by atoms with E-state index in [1.54, 1.807) is 0 Å². The predicted molar refractivity (Wildman–Crippen MR) is 74.4 cm³/mol. The van der Waals surface area contributed by atoms with Crippen LogP contribution in [0.2, 0.25) is 0 Å².